The van der Waals surface area contributed by atoms with Gasteiger partial charge in [0.05, 0.1) is 0 Å². The molecule has 0 aliphatic carbocycles. The van der Waals surface area contributed by atoms with Gasteiger partial charge in [-0.3, -0.25) is 4.79 Å². The van der Waals surface area contributed by atoms with Crippen LogP contribution in [0.15, 0.2) is 18.2 Å². The van der Waals surface area contributed by atoms with Gasteiger partial charge < -0.3 is 10.2 Å². The molecule has 1 aromatic carbocycles. The second-order valence-corrected chi connectivity index (χ2v) is 2.85. The highest BCUT2D eigenvalue weighted by atomic mass is 17.2. The first kappa shape index (κ1) is 8.07. The lowest BCUT2D eigenvalue weighted by Gasteiger charge is -2.02. The lowest BCUT2D eigenvalue weighted by Crippen LogP contribution is -2.05. The predicted molar refractivity (Wildman–Crippen MR) is 46.2 cm³/mol. The van der Waals surface area contributed by atoms with Crippen molar-refractivity contribution in [2.24, 2.45) is 0 Å². The minimum atomic E-state index is -0.0983. The highest BCUT2D eigenvalue weighted by Gasteiger charge is 2.13. The van der Waals surface area contributed by atoms with Crippen molar-refractivity contribution < 1.29 is 14.6 Å². The third kappa shape index (κ3) is 1.62. The number of hydrogen-bond donors (Lipinski definition) is 1. The Bertz CT molecular complexity index is 349. The van der Waals surface area contributed by atoms with E-state index in [9.17, 15) is 4.79 Å². The molecule has 1 amide bonds. The summed E-state index contributed by atoms with van der Waals surface area (Å²) < 4.78 is 0. The van der Waals surface area contributed by atoms with E-state index in [1.807, 2.05) is 12.1 Å². The van der Waals surface area contributed by atoms with E-state index in [1.165, 1.54) is 6.92 Å². The van der Waals surface area contributed by atoms with Crippen molar-refractivity contribution in [1.82, 2.24) is 0 Å². The monoisotopic (exact) mass is 179 g/mol. The lowest BCUT2D eigenvalue weighted by molar-refractivity contribution is -0.194. The first-order valence-corrected chi connectivity index (χ1v) is 3.96. The molecule has 4 nitrogen and oxygen atoms in total. The van der Waals surface area contributed by atoms with E-state index >= 15 is 0 Å². The van der Waals surface area contributed by atoms with Gasteiger partial charge in [-0.1, -0.05) is 6.07 Å². The van der Waals surface area contributed by atoms with E-state index in [4.69, 9.17) is 9.78 Å². The van der Waals surface area contributed by atoms with Crippen LogP contribution in [0.4, 0.5) is 5.69 Å². The van der Waals surface area contributed by atoms with E-state index in [0.717, 1.165) is 11.3 Å². The molecule has 1 heterocycles. The number of carbonyl (C=O) groups excluding carboxylic acids is 1. The Hall–Kier alpha value is -1.55. The highest BCUT2D eigenvalue weighted by Crippen LogP contribution is 2.28. The van der Waals surface area contributed by atoms with Gasteiger partial charge in [0.1, 0.15) is 6.61 Å². The zero-order chi connectivity index (χ0) is 9.26. The summed E-state index contributed by atoms with van der Waals surface area (Å²) >= 11 is 0. The maximum absolute atomic E-state index is 10.7. The van der Waals surface area contributed by atoms with Gasteiger partial charge in [-0.25, -0.2) is 0 Å². The van der Waals surface area contributed by atoms with Gasteiger partial charge in [-0.05, 0) is 6.07 Å². The smallest absolute Gasteiger partial charge is 0.221 e. The molecule has 0 aromatic heterocycles. The molecule has 4 heteroatoms. The number of hydrogen-bond acceptors (Lipinski definition) is 3. The fourth-order valence-corrected chi connectivity index (χ4v) is 1.19. The molecule has 2 rings (SSSR count). The molecule has 0 saturated heterocycles. The molecule has 68 valence electrons. The highest BCUT2D eigenvalue weighted by molar-refractivity contribution is 5.88. The van der Waals surface area contributed by atoms with Gasteiger partial charge in [-0.15, -0.1) is 0 Å². The minimum Gasteiger partial charge on any atom is -0.337 e. The van der Waals surface area contributed by atoms with Crippen molar-refractivity contribution in [3.8, 4) is 5.75 Å². The topological polar surface area (TPSA) is 47.6 Å². The molecule has 1 aliphatic heterocycles. The van der Waals surface area contributed by atoms with E-state index in [-0.39, 0.29) is 5.91 Å². The van der Waals surface area contributed by atoms with Crippen molar-refractivity contribution in [2.45, 2.75) is 13.5 Å². The van der Waals surface area contributed by atoms with Crippen LogP contribution in [0.5, 0.6) is 5.75 Å². The molecule has 0 radical (unpaired) electrons. The summed E-state index contributed by atoms with van der Waals surface area (Å²) in [6.45, 7) is 1.93. The number of nitrogens with one attached hydrogen (secondary N) is 1. The number of anilines is 1. The molecule has 0 atom stereocenters. The van der Waals surface area contributed by atoms with Crippen LogP contribution in [0.25, 0.3) is 0 Å². The number of carbonyl (C=O) groups is 1. The van der Waals surface area contributed by atoms with Gasteiger partial charge in [0.2, 0.25) is 5.91 Å². The Morgan fingerprint density at radius 2 is 2.38 bits per heavy atom. The van der Waals surface area contributed by atoms with Gasteiger partial charge in [-0.2, -0.15) is 4.89 Å². The summed E-state index contributed by atoms with van der Waals surface area (Å²) in [5.41, 5.74) is 1.71. The molecule has 1 N–H and O–H groups in total. The Kier molecular flexibility index (Phi) is 1.90. The van der Waals surface area contributed by atoms with E-state index in [1.54, 1.807) is 6.07 Å². The second kappa shape index (κ2) is 3.06. The van der Waals surface area contributed by atoms with E-state index < -0.39 is 0 Å². The predicted octanol–water partition coefficient (Wildman–Crippen LogP) is 1.47. The zero-order valence-electron chi connectivity index (χ0n) is 7.16. The maximum Gasteiger partial charge on any atom is 0.221 e. The third-order valence-corrected chi connectivity index (χ3v) is 1.75. The van der Waals surface area contributed by atoms with Gasteiger partial charge in [0.25, 0.3) is 0 Å². The standard InChI is InChI=1S/C9H9NO3/c1-6(11)10-8-3-2-7-5-12-13-9(7)4-8/h2-4H,5H2,1H3,(H,10,11). The fraction of sp³-hybridized carbons (Fsp3) is 0.222. The van der Waals surface area contributed by atoms with Crippen molar-refractivity contribution in [2.75, 3.05) is 5.32 Å². The molecule has 0 unspecified atom stereocenters. The maximum atomic E-state index is 10.7. The number of benzene rings is 1. The van der Waals surface area contributed by atoms with Crippen LogP contribution in [-0.4, -0.2) is 5.91 Å². The van der Waals surface area contributed by atoms with Crippen LogP contribution in [0.3, 0.4) is 0 Å². The molecule has 0 spiro atoms. The van der Waals surface area contributed by atoms with E-state index in [0.29, 0.717) is 12.4 Å². The summed E-state index contributed by atoms with van der Waals surface area (Å²) in [6.07, 6.45) is 0. The molecular weight excluding hydrogens is 170 g/mol. The largest absolute Gasteiger partial charge is 0.337 e. The van der Waals surface area contributed by atoms with Crippen molar-refractivity contribution in [1.29, 1.82) is 0 Å². The minimum absolute atomic E-state index is 0.0983. The van der Waals surface area contributed by atoms with Crippen LogP contribution in [0, 0.1) is 0 Å². The average molecular weight is 179 g/mol. The first-order chi connectivity index (χ1) is 6.25. The van der Waals surface area contributed by atoms with Crippen molar-refractivity contribution >= 4 is 11.6 Å². The van der Waals surface area contributed by atoms with Gasteiger partial charge >= 0.3 is 0 Å². The molecule has 0 fully saturated rings. The number of amides is 1. The van der Waals surface area contributed by atoms with Crippen molar-refractivity contribution in [3.63, 3.8) is 0 Å². The first-order valence-electron chi connectivity index (χ1n) is 3.96. The van der Waals surface area contributed by atoms with Crippen molar-refractivity contribution in [3.05, 3.63) is 23.8 Å². The Morgan fingerprint density at radius 3 is 3.15 bits per heavy atom. The van der Waals surface area contributed by atoms with Crippen LogP contribution in [0.2, 0.25) is 0 Å². The fourth-order valence-electron chi connectivity index (χ4n) is 1.19. The second-order valence-electron chi connectivity index (χ2n) is 2.85. The molecular formula is C9H9NO3. The average Bonchev–Trinajstić information content (AvgIpc) is 2.49. The number of fused-ring (bicyclic) bond motifs is 1. The van der Waals surface area contributed by atoms with E-state index in [2.05, 4.69) is 5.32 Å². The summed E-state index contributed by atoms with van der Waals surface area (Å²) in [7, 11) is 0. The number of rotatable bonds is 1. The van der Waals surface area contributed by atoms with Gasteiger partial charge in [0.15, 0.2) is 5.75 Å². The Morgan fingerprint density at radius 1 is 1.54 bits per heavy atom. The summed E-state index contributed by atoms with van der Waals surface area (Å²) in [5.74, 6) is 0.574. The molecule has 0 saturated carbocycles. The summed E-state index contributed by atoms with van der Waals surface area (Å²) in [4.78, 5) is 20.4. The van der Waals surface area contributed by atoms with Crippen LogP contribution in [-0.2, 0) is 16.3 Å². The van der Waals surface area contributed by atoms with Gasteiger partial charge in [0, 0.05) is 24.2 Å². The lowest BCUT2D eigenvalue weighted by atomic mass is 10.2. The quantitative estimate of drug-likeness (QED) is 0.664. The summed E-state index contributed by atoms with van der Waals surface area (Å²) in [5, 5.41) is 2.66. The zero-order valence-corrected chi connectivity index (χ0v) is 7.16. The Labute approximate surface area is 75.4 Å². The van der Waals surface area contributed by atoms with Crippen LogP contribution in [0.1, 0.15) is 12.5 Å². The van der Waals surface area contributed by atoms with Crippen LogP contribution >= 0.6 is 0 Å². The molecule has 1 aliphatic rings. The third-order valence-electron chi connectivity index (χ3n) is 1.75. The molecule has 1 aromatic rings. The normalized spacial score (nSPS) is 13.3. The SMILES string of the molecule is CC(=O)Nc1ccc2c(c1)OOC2. The van der Waals surface area contributed by atoms with Crippen LogP contribution < -0.4 is 10.2 Å². The molecule has 13 heavy (non-hydrogen) atoms. The summed E-state index contributed by atoms with van der Waals surface area (Å²) in [6, 6.07) is 5.43. The Balaban J connectivity index is 2.25. The molecule has 0 bridgehead atoms.